The molecule has 0 aromatic heterocycles. The lowest BCUT2D eigenvalue weighted by molar-refractivity contribution is 0.0942. The van der Waals surface area contributed by atoms with Crippen LogP contribution in [0.25, 0.3) is 0 Å². The van der Waals surface area contributed by atoms with Gasteiger partial charge in [0.2, 0.25) is 0 Å². The van der Waals surface area contributed by atoms with E-state index in [2.05, 4.69) is 22.2 Å². The van der Waals surface area contributed by atoms with Crippen molar-refractivity contribution in [2.24, 2.45) is 0 Å². The van der Waals surface area contributed by atoms with E-state index in [1.165, 1.54) is 29.8 Å². The van der Waals surface area contributed by atoms with E-state index in [4.69, 9.17) is 4.74 Å². The quantitative estimate of drug-likeness (QED) is 0.428. The van der Waals surface area contributed by atoms with Crippen molar-refractivity contribution in [1.29, 1.82) is 0 Å². The van der Waals surface area contributed by atoms with E-state index in [0.717, 1.165) is 12.0 Å². The van der Waals surface area contributed by atoms with Gasteiger partial charge >= 0.3 is 0 Å². The number of carbonyl (C=O) groups excluding carboxylic acids is 1. The second-order valence-electron chi connectivity index (χ2n) is 7.45. The van der Waals surface area contributed by atoms with Gasteiger partial charge in [0.15, 0.2) is 0 Å². The van der Waals surface area contributed by atoms with Crippen molar-refractivity contribution >= 4 is 21.6 Å². The molecule has 3 aromatic carbocycles. The minimum Gasteiger partial charge on any atom is -0.381 e. The van der Waals surface area contributed by atoms with Crippen molar-refractivity contribution in [3.63, 3.8) is 0 Å². The van der Waals surface area contributed by atoms with Crippen LogP contribution in [-0.2, 0) is 21.2 Å². The molecule has 6 nitrogen and oxygen atoms in total. The summed E-state index contributed by atoms with van der Waals surface area (Å²) in [5, 5.41) is 2.83. The van der Waals surface area contributed by atoms with Crippen LogP contribution in [0.1, 0.15) is 27.9 Å². The molecule has 3 rings (SSSR count). The zero-order valence-corrected chi connectivity index (χ0v) is 18.9. The normalized spacial score (nSPS) is 11.2. The van der Waals surface area contributed by atoms with Crippen molar-refractivity contribution in [3.8, 4) is 0 Å². The molecule has 0 bridgehead atoms. The second kappa shape index (κ2) is 11.5. The molecule has 0 heterocycles. The van der Waals surface area contributed by atoms with Gasteiger partial charge in [0.1, 0.15) is 0 Å². The first-order valence-electron chi connectivity index (χ1n) is 10.5. The smallest absolute Gasteiger partial charge is 0.261 e. The number of benzene rings is 3. The maximum absolute atomic E-state index is 12.5. The molecule has 0 atom stereocenters. The van der Waals surface area contributed by atoms with Crippen LogP contribution >= 0.6 is 0 Å². The molecule has 0 unspecified atom stereocenters. The van der Waals surface area contributed by atoms with E-state index in [-0.39, 0.29) is 10.8 Å². The Morgan fingerprint density at radius 2 is 1.56 bits per heavy atom. The van der Waals surface area contributed by atoms with Crippen molar-refractivity contribution in [2.45, 2.75) is 24.7 Å². The third-order valence-corrected chi connectivity index (χ3v) is 6.26. The molecular weight excluding hydrogens is 424 g/mol. The van der Waals surface area contributed by atoms with E-state index in [0.29, 0.717) is 37.4 Å². The van der Waals surface area contributed by atoms with Crippen LogP contribution in [0.15, 0.2) is 83.8 Å². The third-order valence-electron chi connectivity index (χ3n) is 4.86. The molecule has 0 saturated carbocycles. The van der Waals surface area contributed by atoms with Crippen LogP contribution in [0.2, 0.25) is 0 Å². The number of aryl methyl sites for hydroxylation is 1. The summed E-state index contributed by atoms with van der Waals surface area (Å²) in [5.74, 6) is -0.246. The highest BCUT2D eigenvalue weighted by Crippen LogP contribution is 2.17. The van der Waals surface area contributed by atoms with Gasteiger partial charge in [0.05, 0.1) is 11.5 Å². The first-order chi connectivity index (χ1) is 15.4. The predicted molar refractivity (Wildman–Crippen MR) is 126 cm³/mol. The number of ether oxygens (including phenoxy) is 1. The van der Waals surface area contributed by atoms with Crippen LogP contribution in [-0.4, -0.2) is 34.1 Å². The van der Waals surface area contributed by atoms with Gasteiger partial charge in [-0.2, -0.15) is 0 Å². The Kier molecular flexibility index (Phi) is 8.41. The van der Waals surface area contributed by atoms with Crippen molar-refractivity contribution in [3.05, 3.63) is 95.6 Å². The molecule has 0 radical (unpaired) electrons. The van der Waals surface area contributed by atoms with Gasteiger partial charge in [-0.25, -0.2) is 8.42 Å². The summed E-state index contributed by atoms with van der Waals surface area (Å²) in [6.07, 6.45) is 1.56. The summed E-state index contributed by atoms with van der Waals surface area (Å²) < 4.78 is 33.2. The molecule has 0 aliphatic heterocycles. The Hall–Kier alpha value is -3.16. The van der Waals surface area contributed by atoms with Gasteiger partial charge in [-0.1, -0.05) is 48.0 Å². The van der Waals surface area contributed by atoms with E-state index in [1.54, 1.807) is 12.1 Å². The lowest BCUT2D eigenvalue weighted by atomic mass is 10.2. The highest BCUT2D eigenvalue weighted by Gasteiger charge is 2.15. The predicted octanol–water partition coefficient (Wildman–Crippen LogP) is 4.18. The number of hydrogen-bond acceptors (Lipinski definition) is 4. The number of carbonyl (C=O) groups is 1. The number of anilines is 1. The van der Waals surface area contributed by atoms with Crippen molar-refractivity contribution in [2.75, 3.05) is 24.5 Å². The van der Waals surface area contributed by atoms with Gasteiger partial charge in [0, 0.05) is 24.4 Å². The van der Waals surface area contributed by atoms with Crippen LogP contribution in [0, 0.1) is 6.92 Å². The van der Waals surface area contributed by atoms with Crippen LogP contribution in [0.5, 0.6) is 0 Å². The molecular formula is C25H28N2O4S. The molecule has 3 aromatic rings. The third kappa shape index (κ3) is 7.21. The van der Waals surface area contributed by atoms with E-state index >= 15 is 0 Å². The van der Waals surface area contributed by atoms with Crippen molar-refractivity contribution < 1.29 is 17.9 Å². The zero-order valence-electron chi connectivity index (χ0n) is 18.1. The summed E-state index contributed by atoms with van der Waals surface area (Å²) in [6.45, 7) is 3.62. The van der Waals surface area contributed by atoms with Crippen LogP contribution < -0.4 is 10.0 Å². The molecule has 7 heteroatoms. The maximum atomic E-state index is 12.5. The minimum absolute atomic E-state index is 0.0986. The molecule has 2 N–H and O–H groups in total. The number of hydrogen-bond donors (Lipinski definition) is 2. The number of sulfonamides is 1. The fourth-order valence-corrected chi connectivity index (χ4v) is 4.09. The Bertz CT molecular complexity index is 1100. The van der Waals surface area contributed by atoms with Crippen molar-refractivity contribution in [1.82, 2.24) is 5.32 Å². The first kappa shape index (κ1) is 23.5. The highest BCUT2D eigenvalue weighted by atomic mass is 32.2. The molecule has 0 saturated heterocycles. The Balaban J connectivity index is 1.40. The number of nitrogens with one attached hydrogen (secondary N) is 2. The number of rotatable bonds is 11. The van der Waals surface area contributed by atoms with E-state index in [1.807, 2.05) is 37.3 Å². The lowest BCUT2D eigenvalue weighted by Crippen LogP contribution is -2.25. The largest absolute Gasteiger partial charge is 0.381 e. The molecule has 0 spiro atoms. The van der Waals surface area contributed by atoms with Gasteiger partial charge in [-0.3, -0.25) is 9.52 Å². The second-order valence-corrected chi connectivity index (χ2v) is 9.14. The van der Waals surface area contributed by atoms with Crippen LogP contribution in [0.4, 0.5) is 5.69 Å². The first-order valence-corrected chi connectivity index (χ1v) is 12.0. The van der Waals surface area contributed by atoms with Crippen LogP contribution in [0.3, 0.4) is 0 Å². The Morgan fingerprint density at radius 3 is 2.25 bits per heavy atom. The average molecular weight is 453 g/mol. The van der Waals surface area contributed by atoms with Gasteiger partial charge < -0.3 is 10.1 Å². The molecule has 168 valence electrons. The van der Waals surface area contributed by atoms with E-state index in [9.17, 15) is 13.2 Å². The summed E-state index contributed by atoms with van der Waals surface area (Å²) in [4.78, 5) is 12.4. The Morgan fingerprint density at radius 1 is 0.875 bits per heavy atom. The molecule has 32 heavy (non-hydrogen) atoms. The topological polar surface area (TPSA) is 84.5 Å². The molecule has 0 aliphatic rings. The van der Waals surface area contributed by atoms with E-state index < -0.39 is 10.0 Å². The van der Waals surface area contributed by atoms with Gasteiger partial charge in [0.25, 0.3) is 15.9 Å². The SMILES string of the molecule is Cc1ccc(NS(=O)(=O)c2ccc(C(=O)NCCCOCCc3ccccc3)cc2)cc1. The standard InChI is InChI=1S/C25H28N2O4S/c1-20-8-12-23(13-9-20)27-32(29,30)24-14-10-22(11-15-24)25(28)26-17-5-18-31-19-16-21-6-3-2-4-7-21/h2-4,6-15,27H,5,16-19H2,1H3,(H,26,28). The summed E-state index contributed by atoms with van der Waals surface area (Å²) in [7, 11) is -3.72. The lowest BCUT2D eigenvalue weighted by Gasteiger charge is -2.10. The molecule has 1 amide bonds. The Labute approximate surface area is 189 Å². The average Bonchev–Trinajstić information content (AvgIpc) is 2.80. The zero-order chi connectivity index (χ0) is 22.8. The maximum Gasteiger partial charge on any atom is 0.261 e. The van der Waals surface area contributed by atoms with Gasteiger partial charge in [-0.15, -0.1) is 0 Å². The minimum atomic E-state index is -3.72. The fraction of sp³-hybridized carbons (Fsp3) is 0.240. The number of amides is 1. The molecule has 0 aliphatic carbocycles. The fourth-order valence-electron chi connectivity index (χ4n) is 3.04. The summed E-state index contributed by atoms with van der Waals surface area (Å²) >= 11 is 0. The summed E-state index contributed by atoms with van der Waals surface area (Å²) in [5.41, 5.74) is 3.18. The monoisotopic (exact) mass is 452 g/mol. The molecule has 0 fully saturated rings. The highest BCUT2D eigenvalue weighted by molar-refractivity contribution is 7.92. The summed E-state index contributed by atoms with van der Waals surface area (Å²) in [6, 6.07) is 23.1. The van der Waals surface area contributed by atoms with Gasteiger partial charge in [-0.05, 0) is 61.7 Å².